The molecule has 0 amide bonds. The van der Waals surface area contributed by atoms with E-state index in [1.54, 1.807) is 0 Å². The number of hydrogen-bond acceptors (Lipinski definition) is 5. The van der Waals surface area contributed by atoms with Crippen LogP contribution in [0.15, 0.2) is 30.3 Å². The van der Waals surface area contributed by atoms with Crippen molar-refractivity contribution in [3.63, 3.8) is 0 Å². The smallest absolute Gasteiger partial charge is 0.264 e. The van der Waals surface area contributed by atoms with Gasteiger partial charge in [0.15, 0.2) is 0 Å². The topological polar surface area (TPSA) is 55.8 Å². The average molecular weight is 285 g/mol. The molecule has 0 radical (unpaired) electrons. The molecule has 1 fully saturated rings. The molecule has 1 aromatic carbocycles. The van der Waals surface area contributed by atoms with E-state index in [2.05, 4.69) is 17.0 Å². The summed E-state index contributed by atoms with van der Waals surface area (Å²) in [5.74, 6) is 0. The third-order valence-electron chi connectivity index (χ3n) is 2.94. The lowest BCUT2D eigenvalue weighted by molar-refractivity contribution is -0.0493. The summed E-state index contributed by atoms with van der Waals surface area (Å²) in [6, 6.07) is 10.2. The molecule has 0 N–H and O–H groups in total. The molecule has 1 aliphatic rings. The van der Waals surface area contributed by atoms with Crippen molar-refractivity contribution in [2.24, 2.45) is 0 Å². The first-order chi connectivity index (χ1) is 9.03. The molecule has 1 atom stereocenters. The van der Waals surface area contributed by atoms with E-state index in [9.17, 15) is 8.42 Å². The van der Waals surface area contributed by atoms with E-state index in [-0.39, 0.29) is 12.7 Å². The van der Waals surface area contributed by atoms with Gasteiger partial charge in [0.1, 0.15) is 0 Å². The minimum absolute atomic E-state index is 0.0874. The van der Waals surface area contributed by atoms with Gasteiger partial charge in [-0.15, -0.1) is 0 Å². The van der Waals surface area contributed by atoms with Gasteiger partial charge in [-0.2, -0.15) is 8.42 Å². The van der Waals surface area contributed by atoms with E-state index >= 15 is 0 Å². The lowest BCUT2D eigenvalue weighted by Crippen LogP contribution is -2.44. The summed E-state index contributed by atoms with van der Waals surface area (Å²) in [7, 11) is -3.40. The van der Waals surface area contributed by atoms with E-state index in [0.29, 0.717) is 13.2 Å². The highest BCUT2D eigenvalue weighted by Crippen LogP contribution is 2.11. The monoisotopic (exact) mass is 285 g/mol. The number of rotatable bonds is 5. The Morgan fingerprint density at radius 3 is 2.79 bits per heavy atom. The molecule has 2 rings (SSSR count). The second-order valence-electron chi connectivity index (χ2n) is 4.70. The van der Waals surface area contributed by atoms with Crippen LogP contribution in [0.2, 0.25) is 0 Å². The van der Waals surface area contributed by atoms with Crippen molar-refractivity contribution in [3.8, 4) is 0 Å². The van der Waals surface area contributed by atoms with Crippen molar-refractivity contribution in [1.82, 2.24) is 4.90 Å². The normalized spacial score (nSPS) is 21.4. The Bertz CT molecular complexity index is 489. The SMILES string of the molecule is CS(=O)(=O)OC[C@@H]1CN(Cc2ccccc2)CCO1. The largest absolute Gasteiger partial charge is 0.373 e. The molecule has 1 aliphatic heterocycles. The molecule has 1 aromatic rings. The highest BCUT2D eigenvalue weighted by atomic mass is 32.2. The molecule has 0 spiro atoms. The van der Waals surface area contributed by atoms with Gasteiger partial charge in [0.25, 0.3) is 10.1 Å². The summed E-state index contributed by atoms with van der Waals surface area (Å²) in [5.41, 5.74) is 1.24. The minimum Gasteiger partial charge on any atom is -0.373 e. The van der Waals surface area contributed by atoms with E-state index in [1.165, 1.54) is 5.56 Å². The fraction of sp³-hybridized carbons (Fsp3) is 0.538. The Labute approximate surface area is 114 Å². The fourth-order valence-corrected chi connectivity index (χ4v) is 2.46. The predicted octanol–water partition coefficient (Wildman–Crippen LogP) is 0.864. The van der Waals surface area contributed by atoms with Crippen LogP contribution in [0.3, 0.4) is 0 Å². The zero-order valence-electron chi connectivity index (χ0n) is 11.0. The Morgan fingerprint density at radius 2 is 2.11 bits per heavy atom. The van der Waals surface area contributed by atoms with Gasteiger partial charge in [0.2, 0.25) is 0 Å². The molecule has 0 unspecified atom stereocenters. The number of ether oxygens (including phenoxy) is 1. The zero-order valence-corrected chi connectivity index (χ0v) is 11.8. The standard InChI is InChI=1S/C13H19NO4S/c1-19(15,16)18-11-13-10-14(7-8-17-13)9-12-5-3-2-4-6-12/h2-6,13H,7-11H2,1H3/t13-/m0/s1. The third kappa shape index (κ3) is 5.28. The van der Waals surface area contributed by atoms with Crippen LogP contribution in [0, 0.1) is 0 Å². The van der Waals surface area contributed by atoms with Gasteiger partial charge in [-0.05, 0) is 5.56 Å². The molecule has 0 bridgehead atoms. The maximum absolute atomic E-state index is 11.0. The van der Waals surface area contributed by atoms with Gasteiger partial charge in [-0.25, -0.2) is 0 Å². The van der Waals surface area contributed by atoms with Gasteiger partial charge in [0.05, 0.1) is 25.6 Å². The summed E-state index contributed by atoms with van der Waals surface area (Å²) in [6.07, 6.45) is 0.865. The molecule has 1 heterocycles. The first-order valence-corrected chi connectivity index (χ1v) is 8.07. The van der Waals surface area contributed by atoms with Gasteiger partial charge in [0, 0.05) is 19.6 Å². The van der Waals surface area contributed by atoms with Crippen molar-refractivity contribution in [2.75, 3.05) is 32.6 Å². The number of nitrogens with zero attached hydrogens (tertiary/aromatic N) is 1. The number of hydrogen-bond donors (Lipinski definition) is 0. The maximum Gasteiger partial charge on any atom is 0.264 e. The van der Waals surface area contributed by atoms with Crippen molar-refractivity contribution in [3.05, 3.63) is 35.9 Å². The minimum atomic E-state index is -3.40. The second-order valence-corrected chi connectivity index (χ2v) is 6.35. The van der Waals surface area contributed by atoms with Crippen LogP contribution >= 0.6 is 0 Å². The lowest BCUT2D eigenvalue weighted by atomic mass is 10.2. The van der Waals surface area contributed by atoms with Crippen LogP contribution in [0.5, 0.6) is 0 Å². The van der Waals surface area contributed by atoms with Crippen molar-refractivity contribution in [2.45, 2.75) is 12.6 Å². The first-order valence-electron chi connectivity index (χ1n) is 6.25. The number of benzene rings is 1. The van der Waals surface area contributed by atoms with E-state index in [0.717, 1.165) is 19.3 Å². The van der Waals surface area contributed by atoms with Crippen molar-refractivity contribution >= 4 is 10.1 Å². The van der Waals surface area contributed by atoms with Gasteiger partial charge in [-0.3, -0.25) is 9.08 Å². The quantitative estimate of drug-likeness (QED) is 0.751. The summed E-state index contributed by atoms with van der Waals surface area (Å²) in [5, 5.41) is 0. The lowest BCUT2D eigenvalue weighted by Gasteiger charge is -2.32. The summed E-state index contributed by atoms with van der Waals surface area (Å²) < 4.78 is 32.2. The number of morpholine rings is 1. The Balaban J connectivity index is 1.84. The van der Waals surface area contributed by atoms with Crippen LogP contribution < -0.4 is 0 Å². The highest BCUT2D eigenvalue weighted by molar-refractivity contribution is 7.85. The summed E-state index contributed by atoms with van der Waals surface area (Å²) >= 11 is 0. The summed E-state index contributed by atoms with van der Waals surface area (Å²) in [4.78, 5) is 2.25. The van der Waals surface area contributed by atoms with Gasteiger partial charge in [-0.1, -0.05) is 30.3 Å². The molecule has 0 aliphatic carbocycles. The molecule has 19 heavy (non-hydrogen) atoms. The van der Waals surface area contributed by atoms with Crippen LogP contribution in [-0.2, 0) is 25.6 Å². The molecule has 106 valence electrons. The maximum atomic E-state index is 11.0. The summed E-state index contributed by atoms with van der Waals surface area (Å²) in [6.45, 7) is 3.07. The highest BCUT2D eigenvalue weighted by Gasteiger charge is 2.22. The van der Waals surface area contributed by atoms with Crippen molar-refractivity contribution < 1.29 is 17.3 Å². The van der Waals surface area contributed by atoms with E-state index in [4.69, 9.17) is 8.92 Å². The third-order valence-corrected chi connectivity index (χ3v) is 3.50. The second kappa shape index (κ2) is 6.47. The fourth-order valence-electron chi connectivity index (χ4n) is 2.07. The first kappa shape index (κ1) is 14.5. The van der Waals surface area contributed by atoms with Crippen LogP contribution in [0.1, 0.15) is 5.56 Å². The molecular formula is C13H19NO4S. The van der Waals surface area contributed by atoms with E-state index < -0.39 is 10.1 Å². The van der Waals surface area contributed by atoms with Crippen LogP contribution in [0.4, 0.5) is 0 Å². The molecular weight excluding hydrogens is 266 g/mol. The molecule has 6 heteroatoms. The zero-order chi connectivity index (χ0) is 13.7. The van der Waals surface area contributed by atoms with Crippen molar-refractivity contribution in [1.29, 1.82) is 0 Å². The molecule has 5 nitrogen and oxygen atoms in total. The Morgan fingerprint density at radius 1 is 1.37 bits per heavy atom. The predicted molar refractivity (Wildman–Crippen MR) is 72.3 cm³/mol. The van der Waals surface area contributed by atoms with Crippen LogP contribution in [-0.4, -0.2) is 52.0 Å². The Hall–Kier alpha value is -0.950. The van der Waals surface area contributed by atoms with Gasteiger partial charge < -0.3 is 4.74 Å². The van der Waals surface area contributed by atoms with E-state index in [1.807, 2.05) is 18.2 Å². The van der Waals surface area contributed by atoms with Crippen LogP contribution in [0.25, 0.3) is 0 Å². The molecule has 0 aromatic heterocycles. The molecule has 1 saturated heterocycles. The Kier molecular flexibility index (Phi) is 4.93. The van der Waals surface area contributed by atoms with Gasteiger partial charge >= 0.3 is 0 Å². The average Bonchev–Trinajstić information content (AvgIpc) is 2.37. The molecule has 0 saturated carbocycles.